The Morgan fingerprint density at radius 3 is 2.47 bits per heavy atom. The van der Waals surface area contributed by atoms with Crippen molar-refractivity contribution in [1.29, 1.82) is 0 Å². The van der Waals surface area contributed by atoms with Crippen LogP contribution in [0.25, 0.3) is 32.8 Å². The molecule has 2 aromatic carbocycles. The predicted molar refractivity (Wildman–Crippen MR) is 82.3 cm³/mol. The minimum Gasteiger partial charge on any atom is -0.313 e. The topological polar surface area (TPSA) is 8.82 Å². The molecule has 0 radical (unpaired) electrons. The van der Waals surface area contributed by atoms with Crippen molar-refractivity contribution in [2.45, 2.75) is 0 Å². The summed E-state index contributed by atoms with van der Waals surface area (Å²) in [5.41, 5.74) is 5.05. The van der Waals surface area contributed by atoms with E-state index in [1.807, 2.05) is 0 Å². The number of nitrogens with zero attached hydrogens (tertiary/aromatic N) is 2. The van der Waals surface area contributed by atoms with Crippen LogP contribution in [0.4, 0.5) is 0 Å². The SMILES string of the molecule is Brc1cn2c3cccc4ccn(c5cccc1c52)c43. The van der Waals surface area contributed by atoms with Gasteiger partial charge in [-0.2, -0.15) is 0 Å². The monoisotopic (exact) mass is 308 g/mol. The van der Waals surface area contributed by atoms with E-state index < -0.39 is 0 Å². The third kappa shape index (κ3) is 1.04. The van der Waals surface area contributed by atoms with Gasteiger partial charge in [-0.1, -0.05) is 24.3 Å². The van der Waals surface area contributed by atoms with Crippen LogP contribution in [-0.4, -0.2) is 8.80 Å². The largest absolute Gasteiger partial charge is 0.313 e. The number of hydrogen-bond donors (Lipinski definition) is 0. The van der Waals surface area contributed by atoms with Crippen molar-refractivity contribution >= 4 is 48.8 Å². The van der Waals surface area contributed by atoms with Crippen molar-refractivity contribution in [2.24, 2.45) is 0 Å². The van der Waals surface area contributed by atoms with Gasteiger partial charge in [0, 0.05) is 27.6 Å². The van der Waals surface area contributed by atoms with Gasteiger partial charge in [0.05, 0.1) is 22.1 Å². The van der Waals surface area contributed by atoms with Crippen molar-refractivity contribution in [1.82, 2.24) is 8.80 Å². The summed E-state index contributed by atoms with van der Waals surface area (Å²) in [5.74, 6) is 0. The van der Waals surface area contributed by atoms with E-state index in [1.165, 1.54) is 32.8 Å². The van der Waals surface area contributed by atoms with Crippen LogP contribution in [0, 0.1) is 0 Å². The summed E-state index contributed by atoms with van der Waals surface area (Å²) in [6.45, 7) is 0. The second-order valence-electron chi connectivity index (χ2n) is 4.92. The third-order valence-corrected chi connectivity index (χ3v) is 4.60. The molecule has 90 valence electrons. The zero-order chi connectivity index (χ0) is 12.6. The highest BCUT2D eigenvalue weighted by Crippen LogP contribution is 2.34. The van der Waals surface area contributed by atoms with E-state index in [9.17, 15) is 0 Å². The molecule has 0 bridgehead atoms. The minimum atomic E-state index is 1.15. The molecule has 0 atom stereocenters. The molecule has 0 spiro atoms. The van der Waals surface area contributed by atoms with Crippen molar-refractivity contribution in [3.63, 3.8) is 0 Å². The highest BCUT2D eigenvalue weighted by Gasteiger charge is 2.14. The Morgan fingerprint density at radius 2 is 1.58 bits per heavy atom. The van der Waals surface area contributed by atoms with Crippen LogP contribution in [0.2, 0.25) is 0 Å². The number of hydrogen-bond acceptors (Lipinski definition) is 0. The molecule has 2 nitrogen and oxygen atoms in total. The lowest BCUT2D eigenvalue weighted by atomic mass is 10.2. The maximum absolute atomic E-state index is 3.67. The third-order valence-electron chi connectivity index (χ3n) is 3.96. The van der Waals surface area contributed by atoms with Gasteiger partial charge in [-0.15, -0.1) is 0 Å². The van der Waals surface area contributed by atoms with Gasteiger partial charge in [-0.25, -0.2) is 0 Å². The first-order valence-electron chi connectivity index (χ1n) is 6.25. The molecule has 0 aliphatic carbocycles. The highest BCUT2D eigenvalue weighted by molar-refractivity contribution is 9.10. The number of fused-ring (bicyclic) bond motifs is 2. The van der Waals surface area contributed by atoms with E-state index in [0.29, 0.717) is 0 Å². The molecule has 3 heterocycles. The van der Waals surface area contributed by atoms with Crippen molar-refractivity contribution in [3.05, 3.63) is 59.3 Å². The molecule has 0 fully saturated rings. The summed E-state index contributed by atoms with van der Waals surface area (Å²) in [7, 11) is 0. The minimum absolute atomic E-state index is 1.15. The molecule has 5 aromatic rings. The molecule has 0 N–H and O–H groups in total. The van der Waals surface area contributed by atoms with E-state index in [4.69, 9.17) is 0 Å². The fraction of sp³-hybridized carbons (Fsp3) is 0. The first kappa shape index (κ1) is 9.87. The van der Waals surface area contributed by atoms with Crippen LogP contribution in [0.3, 0.4) is 0 Å². The zero-order valence-corrected chi connectivity index (χ0v) is 11.6. The van der Waals surface area contributed by atoms with Gasteiger partial charge in [0.15, 0.2) is 0 Å². The summed E-state index contributed by atoms with van der Waals surface area (Å²) in [6, 6.07) is 15.1. The summed E-state index contributed by atoms with van der Waals surface area (Å²) >= 11 is 3.67. The molecule has 0 saturated heterocycles. The molecule has 5 rings (SSSR count). The average Bonchev–Trinajstić information content (AvgIpc) is 3.00. The van der Waals surface area contributed by atoms with Crippen molar-refractivity contribution in [3.8, 4) is 0 Å². The van der Waals surface area contributed by atoms with Gasteiger partial charge in [-0.05, 0) is 34.1 Å². The Labute approximate surface area is 117 Å². The average molecular weight is 309 g/mol. The lowest BCUT2D eigenvalue weighted by molar-refractivity contribution is 1.20. The maximum atomic E-state index is 3.67. The zero-order valence-electron chi connectivity index (χ0n) is 9.97. The Morgan fingerprint density at radius 1 is 0.789 bits per heavy atom. The lowest BCUT2D eigenvalue weighted by Crippen LogP contribution is -1.94. The fourth-order valence-corrected chi connectivity index (χ4v) is 3.70. The van der Waals surface area contributed by atoms with Gasteiger partial charge in [0.1, 0.15) is 0 Å². The Balaban J connectivity index is 2.33. The first-order chi connectivity index (χ1) is 9.34. The van der Waals surface area contributed by atoms with Gasteiger partial charge in [0.25, 0.3) is 0 Å². The van der Waals surface area contributed by atoms with Crippen LogP contribution < -0.4 is 0 Å². The number of halogens is 1. The van der Waals surface area contributed by atoms with Crippen molar-refractivity contribution in [2.75, 3.05) is 0 Å². The lowest BCUT2D eigenvalue weighted by Gasteiger charge is -2.09. The number of benzene rings is 2. The van der Waals surface area contributed by atoms with Crippen LogP contribution in [0.5, 0.6) is 0 Å². The Bertz CT molecular complexity index is 1070. The van der Waals surface area contributed by atoms with Crippen molar-refractivity contribution < 1.29 is 0 Å². The normalized spacial score (nSPS) is 12.5. The number of para-hydroxylation sites is 2. The molecule has 0 aliphatic rings. The Hall–Kier alpha value is -2.00. The molecule has 3 aromatic heterocycles. The van der Waals surface area contributed by atoms with Gasteiger partial charge in [-0.3, -0.25) is 0 Å². The summed E-state index contributed by atoms with van der Waals surface area (Å²) in [4.78, 5) is 0. The molecular formula is C16H9BrN2. The van der Waals surface area contributed by atoms with Gasteiger partial charge < -0.3 is 8.80 Å². The molecule has 0 unspecified atom stereocenters. The number of rotatable bonds is 0. The van der Waals surface area contributed by atoms with E-state index >= 15 is 0 Å². The van der Waals surface area contributed by atoms with E-state index in [-0.39, 0.29) is 0 Å². The predicted octanol–water partition coefficient (Wildman–Crippen LogP) is 4.70. The van der Waals surface area contributed by atoms with Crippen LogP contribution in [-0.2, 0) is 0 Å². The smallest absolute Gasteiger partial charge is 0.0783 e. The van der Waals surface area contributed by atoms with E-state index in [0.717, 1.165) is 4.47 Å². The quantitative estimate of drug-likeness (QED) is 0.367. The summed E-state index contributed by atoms with van der Waals surface area (Å²) in [5, 5.41) is 2.54. The van der Waals surface area contributed by atoms with Gasteiger partial charge in [0.2, 0.25) is 0 Å². The maximum Gasteiger partial charge on any atom is 0.0783 e. The van der Waals surface area contributed by atoms with Crippen LogP contribution in [0.1, 0.15) is 0 Å². The molecule has 0 aliphatic heterocycles. The van der Waals surface area contributed by atoms with Gasteiger partial charge >= 0.3 is 0 Å². The molecule has 0 amide bonds. The summed E-state index contributed by atoms with van der Waals surface area (Å²) in [6.07, 6.45) is 4.33. The summed E-state index contributed by atoms with van der Waals surface area (Å²) < 4.78 is 5.73. The highest BCUT2D eigenvalue weighted by atomic mass is 79.9. The van der Waals surface area contributed by atoms with E-state index in [1.54, 1.807) is 0 Å². The fourth-order valence-electron chi connectivity index (χ4n) is 3.18. The second kappa shape index (κ2) is 3.11. The number of aromatic nitrogens is 2. The Kier molecular flexibility index (Phi) is 1.62. The molecular weight excluding hydrogens is 300 g/mol. The molecule has 0 saturated carbocycles. The van der Waals surface area contributed by atoms with Crippen LogP contribution >= 0.6 is 15.9 Å². The molecule has 3 heteroatoms. The first-order valence-corrected chi connectivity index (χ1v) is 7.04. The standard InChI is InChI=1S/C16H9BrN2/c17-12-9-19-13-5-1-3-10-7-8-18(15(10)13)14-6-2-4-11(12)16(14)19/h1-9H. The second-order valence-corrected chi connectivity index (χ2v) is 5.78. The molecule has 19 heavy (non-hydrogen) atoms. The van der Waals surface area contributed by atoms with E-state index in [2.05, 4.69) is 79.6 Å². The van der Waals surface area contributed by atoms with Crippen LogP contribution in [0.15, 0.2) is 59.3 Å².